The van der Waals surface area contributed by atoms with Crippen LogP contribution in [0.5, 0.6) is 5.75 Å². The molecule has 7 nitrogen and oxygen atoms in total. The van der Waals surface area contributed by atoms with Crippen molar-refractivity contribution >= 4 is 17.4 Å². The quantitative estimate of drug-likeness (QED) is 0.281. The summed E-state index contributed by atoms with van der Waals surface area (Å²) < 4.78 is 1.96. The maximum Gasteiger partial charge on any atom is 0.269 e. The normalized spacial score (nSPS) is 10.8. The van der Waals surface area contributed by atoms with Gasteiger partial charge in [0.05, 0.1) is 4.92 Å². The fourth-order valence-electron chi connectivity index (χ4n) is 2.83. The Morgan fingerprint density at radius 1 is 0.931 bits per heavy atom. The maximum atomic E-state index is 10.8. The van der Waals surface area contributed by atoms with Crippen LogP contribution in [-0.2, 0) is 5.75 Å². The van der Waals surface area contributed by atoms with E-state index in [0.29, 0.717) is 16.7 Å². The monoisotopic (exact) mass is 404 g/mol. The van der Waals surface area contributed by atoms with Crippen LogP contribution < -0.4 is 0 Å². The van der Waals surface area contributed by atoms with Crippen molar-refractivity contribution in [2.45, 2.75) is 10.9 Å². The Bertz CT molecular complexity index is 1130. The number of hydrogen-bond acceptors (Lipinski definition) is 6. The number of nitro benzene ring substituents is 1. The molecule has 0 aliphatic rings. The van der Waals surface area contributed by atoms with Crippen LogP contribution in [0.2, 0.25) is 0 Å². The molecule has 4 aromatic rings. The minimum Gasteiger partial charge on any atom is -0.508 e. The third-order valence-corrected chi connectivity index (χ3v) is 5.29. The molecule has 0 unspecified atom stereocenters. The van der Waals surface area contributed by atoms with Crippen molar-refractivity contribution in [2.24, 2.45) is 0 Å². The van der Waals surface area contributed by atoms with E-state index in [1.807, 2.05) is 34.9 Å². The van der Waals surface area contributed by atoms with E-state index >= 15 is 0 Å². The smallest absolute Gasteiger partial charge is 0.269 e. The summed E-state index contributed by atoms with van der Waals surface area (Å²) in [7, 11) is 0. The fraction of sp³-hybridized carbons (Fsp3) is 0.0476. The molecule has 1 heterocycles. The van der Waals surface area contributed by atoms with E-state index in [1.165, 1.54) is 23.9 Å². The molecular weight excluding hydrogens is 388 g/mol. The number of benzene rings is 3. The van der Waals surface area contributed by atoms with Crippen LogP contribution in [0.1, 0.15) is 5.56 Å². The number of aromatic hydroxyl groups is 1. The molecule has 0 saturated carbocycles. The van der Waals surface area contributed by atoms with Crippen LogP contribution in [0.3, 0.4) is 0 Å². The van der Waals surface area contributed by atoms with Gasteiger partial charge >= 0.3 is 0 Å². The third kappa shape index (κ3) is 4.12. The predicted molar refractivity (Wildman–Crippen MR) is 111 cm³/mol. The van der Waals surface area contributed by atoms with Crippen molar-refractivity contribution in [1.82, 2.24) is 14.8 Å². The first-order chi connectivity index (χ1) is 14.1. The summed E-state index contributed by atoms with van der Waals surface area (Å²) in [5.74, 6) is 1.45. The number of thioether (sulfide) groups is 1. The molecule has 0 aliphatic heterocycles. The van der Waals surface area contributed by atoms with Gasteiger partial charge in [0, 0.05) is 29.1 Å². The lowest BCUT2D eigenvalue weighted by Crippen LogP contribution is -1.99. The summed E-state index contributed by atoms with van der Waals surface area (Å²) in [6, 6.07) is 23.1. The summed E-state index contributed by atoms with van der Waals surface area (Å²) in [5, 5.41) is 29.8. The Morgan fingerprint density at radius 3 is 2.28 bits per heavy atom. The Hall–Kier alpha value is -3.65. The first-order valence-electron chi connectivity index (χ1n) is 8.78. The molecule has 0 fully saturated rings. The van der Waals surface area contributed by atoms with Crippen molar-refractivity contribution in [3.05, 3.63) is 94.5 Å². The minimum absolute atomic E-state index is 0.0702. The molecule has 0 atom stereocenters. The van der Waals surface area contributed by atoms with Crippen molar-refractivity contribution in [3.8, 4) is 22.8 Å². The summed E-state index contributed by atoms with van der Waals surface area (Å²) in [6.45, 7) is 0. The van der Waals surface area contributed by atoms with E-state index in [-0.39, 0.29) is 11.4 Å². The number of para-hydroxylation sites is 1. The number of nitro groups is 1. The zero-order valence-corrected chi connectivity index (χ0v) is 16.0. The van der Waals surface area contributed by atoms with Crippen molar-refractivity contribution in [3.63, 3.8) is 0 Å². The molecule has 144 valence electrons. The van der Waals surface area contributed by atoms with Crippen LogP contribution >= 0.6 is 11.8 Å². The summed E-state index contributed by atoms with van der Waals surface area (Å²) >= 11 is 1.50. The number of hydrogen-bond donors (Lipinski definition) is 1. The molecule has 3 aromatic carbocycles. The summed E-state index contributed by atoms with van der Waals surface area (Å²) in [5.41, 5.74) is 2.78. The molecule has 0 saturated heterocycles. The Balaban J connectivity index is 1.66. The third-order valence-electron chi connectivity index (χ3n) is 4.29. The lowest BCUT2D eigenvalue weighted by molar-refractivity contribution is -0.384. The average Bonchev–Trinajstić information content (AvgIpc) is 3.17. The van der Waals surface area contributed by atoms with E-state index < -0.39 is 4.92 Å². The van der Waals surface area contributed by atoms with Crippen molar-refractivity contribution < 1.29 is 10.0 Å². The van der Waals surface area contributed by atoms with E-state index in [4.69, 9.17) is 0 Å². The Kier molecular flexibility index (Phi) is 5.26. The van der Waals surface area contributed by atoms with Gasteiger partial charge in [-0.2, -0.15) is 0 Å². The van der Waals surface area contributed by atoms with Gasteiger partial charge in [0.25, 0.3) is 5.69 Å². The van der Waals surface area contributed by atoms with Gasteiger partial charge < -0.3 is 5.11 Å². The first-order valence-corrected chi connectivity index (χ1v) is 9.77. The number of phenolic OH excluding ortho intramolecular Hbond substituents is 1. The van der Waals surface area contributed by atoms with Crippen LogP contribution in [0.25, 0.3) is 17.1 Å². The molecule has 1 N–H and O–H groups in total. The second-order valence-electron chi connectivity index (χ2n) is 6.24. The second-order valence-corrected chi connectivity index (χ2v) is 7.18. The topological polar surface area (TPSA) is 94.1 Å². The van der Waals surface area contributed by atoms with E-state index in [0.717, 1.165) is 16.8 Å². The molecule has 4 rings (SSSR count). The van der Waals surface area contributed by atoms with Gasteiger partial charge in [0.15, 0.2) is 11.0 Å². The molecule has 1 aromatic heterocycles. The number of non-ortho nitro benzene ring substituents is 1. The molecular formula is C21H16N4O3S. The van der Waals surface area contributed by atoms with Gasteiger partial charge in [-0.3, -0.25) is 14.7 Å². The van der Waals surface area contributed by atoms with Gasteiger partial charge in [-0.15, -0.1) is 10.2 Å². The molecule has 8 heteroatoms. The van der Waals surface area contributed by atoms with E-state index in [9.17, 15) is 15.2 Å². The van der Waals surface area contributed by atoms with Crippen LogP contribution in [0, 0.1) is 10.1 Å². The molecule has 29 heavy (non-hydrogen) atoms. The van der Waals surface area contributed by atoms with Crippen LogP contribution in [0.4, 0.5) is 5.69 Å². The lowest BCUT2D eigenvalue weighted by atomic mass is 10.2. The highest BCUT2D eigenvalue weighted by Crippen LogP contribution is 2.30. The molecule has 0 amide bonds. The predicted octanol–water partition coefficient (Wildman–Crippen LogP) is 4.84. The molecule has 0 aliphatic carbocycles. The zero-order chi connectivity index (χ0) is 20.2. The summed E-state index contributed by atoms with van der Waals surface area (Å²) in [6.07, 6.45) is 0. The van der Waals surface area contributed by atoms with Gasteiger partial charge in [0.2, 0.25) is 0 Å². The lowest BCUT2D eigenvalue weighted by Gasteiger charge is -2.10. The average molecular weight is 404 g/mol. The highest BCUT2D eigenvalue weighted by Gasteiger charge is 2.16. The van der Waals surface area contributed by atoms with Gasteiger partial charge in [-0.25, -0.2) is 0 Å². The highest BCUT2D eigenvalue weighted by molar-refractivity contribution is 7.98. The number of aromatic nitrogens is 3. The van der Waals surface area contributed by atoms with Crippen LogP contribution in [0.15, 0.2) is 84.0 Å². The highest BCUT2D eigenvalue weighted by atomic mass is 32.2. The Labute approximate surface area is 170 Å². The summed E-state index contributed by atoms with van der Waals surface area (Å²) in [4.78, 5) is 10.4. The SMILES string of the molecule is O=[N+]([O-])c1ccc(CSc2nnc(-c3ccc(O)cc3)n2-c2ccccc2)cc1. The van der Waals surface area contributed by atoms with Crippen LogP contribution in [-0.4, -0.2) is 24.8 Å². The number of rotatable bonds is 6. The number of nitrogens with zero attached hydrogens (tertiary/aromatic N) is 4. The zero-order valence-electron chi connectivity index (χ0n) is 15.2. The first kappa shape index (κ1) is 18.7. The van der Waals surface area contributed by atoms with E-state index in [2.05, 4.69) is 10.2 Å². The van der Waals surface area contributed by atoms with Gasteiger partial charge in [-0.05, 0) is 42.0 Å². The van der Waals surface area contributed by atoms with E-state index in [1.54, 1.807) is 36.4 Å². The Morgan fingerprint density at radius 2 is 1.62 bits per heavy atom. The van der Waals surface area contributed by atoms with Crippen molar-refractivity contribution in [2.75, 3.05) is 0 Å². The maximum absolute atomic E-state index is 10.8. The molecule has 0 bridgehead atoms. The largest absolute Gasteiger partial charge is 0.508 e. The minimum atomic E-state index is -0.410. The van der Waals surface area contributed by atoms with Crippen molar-refractivity contribution in [1.29, 1.82) is 0 Å². The second kappa shape index (κ2) is 8.15. The number of phenols is 1. The molecule has 0 radical (unpaired) electrons. The molecule has 0 spiro atoms. The standard InChI is InChI=1S/C21H16N4O3S/c26-19-12-8-16(9-13-19)20-22-23-21(24(20)17-4-2-1-3-5-17)29-14-15-6-10-18(11-7-15)25(27)28/h1-13,26H,14H2. The van der Waals surface area contributed by atoms with Gasteiger partial charge in [-0.1, -0.05) is 42.1 Å². The van der Waals surface area contributed by atoms with Gasteiger partial charge in [0.1, 0.15) is 5.75 Å². The fourth-order valence-corrected chi connectivity index (χ4v) is 3.74.